The van der Waals surface area contributed by atoms with Gasteiger partial charge in [0.15, 0.2) is 0 Å². The summed E-state index contributed by atoms with van der Waals surface area (Å²) in [5.41, 5.74) is 8.87. The van der Waals surface area contributed by atoms with Crippen LogP contribution in [0, 0.1) is 12.8 Å². The van der Waals surface area contributed by atoms with Crippen molar-refractivity contribution >= 4 is 0 Å². The highest BCUT2D eigenvalue weighted by Crippen LogP contribution is 2.22. The van der Waals surface area contributed by atoms with Crippen LogP contribution in [0.3, 0.4) is 0 Å². The first-order valence-electron chi connectivity index (χ1n) is 7.68. The van der Waals surface area contributed by atoms with Gasteiger partial charge in [-0.25, -0.2) is 0 Å². The highest BCUT2D eigenvalue weighted by Gasteiger charge is 2.30. The zero-order valence-electron chi connectivity index (χ0n) is 13.3. The van der Waals surface area contributed by atoms with Gasteiger partial charge in [0.25, 0.3) is 0 Å². The topological polar surface area (TPSA) is 32.5 Å². The summed E-state index contributed by atoms with van der Waals surface area (Å²) < 4.78 is 0. The molecule has 1 fully saturated rings. The van der Waals surface area contributed by atoms with Gasteiger partial charge in [0.2, 0.25) is 0 Å². The summed E-state index contributed by atoms with van der Waals surface area (Å²) in [6.45, 7) is 7.94. The molecule has 1 aliphatic rings. The van der Waals surface area contributed by atoms with E-state index in [9.17, 15) is 0 Å². The number of nitrogens with zero attached hydrogens (tertiary/aromatic N) is 2. The van der Waals surface area contributed by atoms with Crippen LogP contribution in [0.15, 0.2) is 24.3 Å². The molecule has 1 aromatic rings. The van der Waals surface area contributed by atoms with Crippen LogP contribution >= 0.6 is 0 Å². The van der Waals surface area contributed by atoms with E-state index in [1.54, 1.807) is 0 Å². The van der Waals surface area contributed by atoms with Crippen molar-refractivity contribution in [2.75, 3.05) is 33.7 Å². The van der Waals surface area contributed by atoms with E-state index in [0.717, 1.165) is 18.9 Å². The van der Waals surface area contributed by atoms with Crippen molar-refractivity contribution in [3.8, 4) is 0 Å². The summed E-state index contributed by atoms with van der Waals surface area (Å²) >= 11 is 0. The zero-order valence-corrected chi connectivity index (χ0v) is 13.3. The second kappa shape index (κ2) is 6.70. The monoisotopic (exact) mass is 275 g/mol. The lowest BCUT2D eigenvalue weighted by Gasteiger charge is -2.23. The molecule has 112 valence electrons. The van der Waals surface area contributed by atoms with Crippen molar-refractivity contribution in [1.29, 1.82) is 0 Å². The van der Waals surface area contributed by atoms with Crippen molar-refractivity contribution in [3.63, 3.8) is 0 Å². The molecule has 3 nitrogen and oxygen atoms in total. The Morgan fingerprint density at radius 3 is 2.45 bits per heavy atom. The van der Waals surface area contributed by atoms with E-state index < -0.39 is 0 Å². The van der Waals surface area contributed by atoms with E-state index in [1.807, 2.05) is 0 Å². The number of nitrogens with two attached hydrogens (primary N) is 1. The summed E-state index contributed by atoms with van der Waals surface area (Å²) in [4.78, 5) is 4.91. The maximum Gasteiger partial charge on any atom is 0.0307 e. The number of likely N-dealkylation sites (N-methyl/N-ethyl adjacent to an activating group) is 1. The van der Waals surface area contributed by atoms with E-state index in [0.29, 0.717) is 6.04 Å². The Bertz CT molecular complexity index is 413. The third-order valence-corrected chi connectivity index (χ3v) is 4.57. The van der Waals surface area contributed by atoms with Crippen LogP contribution in [0.5, 0.6) is 0 Å². The van der Waals surface area contributed by atoms with E-state index in [4.69, 9.17) is 5.73 Å². The van der Waals surface area contributed by atoms with E-state index in [-0.39, 0.29) is 6.04 Å². The van der Waals surface area contributed by atoms with Crippen molar-refractivity contribution in [1.82, 2.24) is 9.80 Å². The largest absolute Gasteiger partial charge is 0.324 e. The molecule has 0 spiro atoms. The lowest BCUT2D eigenvalue weighted by molar-refractivity contribution is 0.250. The molecule has 3 heteroatoms. The molecule has 0 bridgehead atoms. The lowest BCUT2D eigenvalue weighted by atomic mass is 10.0. The van der Waals surface area contributed by atoms with Crippen molar-refractivity contribution in [2.24, 2.45) is 11.7 Å². The van der Waals surface area contributed by atoms with Gasteiger partial charge in [0, 0.05) is 31.7 Å². The standard InChI is InChI=1S/C17H29N3/c1-13-5-7-15(8-6-13)16(18)9-10-20-11-14(2)17(12-20)19(3)4/h5-8,14,16-17H,9-12,18H2,1-4H3. The molecular weight excluding hydrogens is 246 g/mol. The van der Waals surface area contributed by atoms with Gasteiger partial charge >= 0.3 is 0 Å². The molecular formula is C17H29N3. The maximum absolute atomic E-state index is 6.32. The Hall–Kier alpha value is -0.900. The predicted molar refractivity (Wildman–Crippen MR) is 85.8 cm³/mol. The summed E-state index contributed by atoms with van der Waals surface area (Å²) in [5, 5.41) is 0. The van der Waals surface area contributed by atoms with Gasteiger partial charge in [-0.15, -0.1) is 0 Å². The molecule has 2 N–H and O–H groups in total. The van der Waals surface area contributed by atoms with E-state index in [1.165, 1.54) is 24.2 Å². The van der Waals surface area contributed by atoms with Crippen LogP contribution in [0.1, 0.15) is 30.5 Å². The minimum absolute atomic E-state index is 0.157. The van der Waals surface area contributed by atoms with Crippen molar-refractivity contribution < 1.29 is 0 Å². The summed E-state index contributed by atoms with van der Waals surface area (Å²) in [5.74, 6) is 0.751. The van der Waals surface area contributed by atoms with Crippen LogP contribution in [0.2, 0.25) is 0 Å². The van der Waals surface area contributed by atoms with E-state index >= 15 is 0 Å². The number of likely N-dealkylation sites (tertiary alicyclic amines) is 1. The van der Waals surface area contributed by atoms with Crippen molar-refractivity contribution in [2.45, 2.75) is 32.4 Å². The summed E-state index contributed by atoms with van der Waals surface area (Å²) in [7, 11) is 4.37. The molecule has 1 aromatic carbocycles. The Balaban J connectivity index is 1.82. The Kier molecular flexibility index (Phi) is 5.19. The summed E-state index contributed by atoms with van der Waals surface area (Å²) in [6.07, 6.45) is 1.04. The summed E-state index contributed by atoms with van der Waals surface area (Å²) in [6, 6.07) is 9.46. The van der Waals surface area contributed by atoms with Gasteiger partial charge in [0.05, 0.1) is 0 Å². The van der Waals surface area contributed by atoms with Crippen LogP contribution < -0.4 is 5.73 Å². The SMILES string of the molecule is Cc1ccc(C(N)CCN2CC(C)C(N(C)C)C2)cc1. The van der Waals surface area contributed by atoms with Crippen molar-refractivity contribution in [3.05, 3.63) is 35.4 Å². The van der Waals surface area contributed by atoms with Gasteiger partial charge in [-0.05, 0) is 38.9 Å². The maximum atomic E-state index is 6.32. The van der Waals surface area contributed by atoms with Gasteiger partial charge in [0.1, 0.15) is 0 Å². The normalized spacial score (nSPS) is 25.3. The van der Waals surface area contributed by atoms with E-state index in [2.05, 4.69) is 62.0 Å². The minimum Gasteiger partial charge on any atom is -0.324 e. The number of hydrogen-bond acceptors (Lipinski definition) is 3. The smallest absolute Gasteiger partial charge is 0.0307 e. The molecule has 20 heavy (non-hydrogen) atoms. The molecule has 1 heterocycles. The first-order chi connectivity index (χ1) is 9.47. The van der Waals surface area contributed by atoms with Gasteiger partial charge in [-0.3, -0.25) is 0 Å². The second-order valence-corrected chi connectivity index (χ2v) is 6.57. The van der Waals surface area contributed by atoms with Crippen LogP contribution in [-0.2, 0) is 0 Å². The highest BCUT2D eigenvalue weighted by atomic mass is 15.2. The Morgan fingerprint density at radius 2 is 1.90 bits per heavy atom. The lowest BCUT2D eigenvalue weighted by Crippen LogP contribution is -2.34. The number of benzene rings is 1. The van der Waals surface area contributed by atoms with Gasteiger partial charge < -0.3 is 15.5 Å². The second-order valence-electron chi connectivity index (χ2n) is 6.57. The minimum atomic E-state index is 0.157. The Labute approximate surface area is 123 Å². The molecule has 0 aromatic heterocycles. The average molecular weight is 275 g/mol. The first kappa shape index (κ1) is 15.5. The predicted octanol–water partition coefficient (Wildman–Crippen LogP) is 2.27. The molecule has 2 rings (SSSR count). The molecule has 0 saturated carbocycles. The number of rotatable bonds is 5. The molecule has 1 saturated heterocycles. The zero-order chi connectivity index (χ0) is 14.7. The molecule has 0 aliphatic carbocycles. The van der Waals surface area contributed by atoms with Crippen LogP contribution in [0.25, 0.3) is 0 Å². The molecule has 3 atom stereocenters. The number of aryl methyl sites for hydroxylation is 1. The molecule has 0 amide bonds. The quantitative estimate of drug-likeness (QED) is 0.895. The fraction of sp³-hybridized carbons (Fsp3) is 0.647. The number of hydrogen-bond donors (Lipinski definition) is 1. The fourth-order valence-corrected chi connectivity index (χ4v) is 3.20. The third kappa shape index (κ3) is 3.81. The molecule has 1 aliphatic heterocycles. The first-order valence-corrected chi connectivity index (χ1v) is 7.68. The highest BCUT2D eigenvalue weighted by molar-refractivity contribution is 5.23. The Morgan fingerprint density at radius 1 is 1.25 bits per heavy atom. The van der Waals surface area contributed by atoms with Gasteiger partial charge in [-0.1, -0.05) is 36.8 Å². The third-order valence-electron chi connectivity index (χ3n) is 4.57. The van der Waals surface area contributed by atoms with Crippen LogP contribution in [0.4, 0.5) is 0 Å². The van der Waals surface area contributed by atoms with Gasteiger partial charge in [-0.2, -0.15) is 0 Å². The average Bonchev–Trinajstić information content (AvgIpc) is 2.78. The molecule has 0 radical (unpaired) electrons. The van der Waals surface area contributed by atoms with Crippen LogP contribution in [-0.4, -0.2) is 49.6 Å². The molecule has 3 unspecified atom stereocenters. The fourth-order valence-electron chi connectivity index (χ4n) is 3.20.